The summed E-state index contributed by atoms with van der Waals surface area (Å²) in [7, 11) is -2.96. The number of hydrogen-bond donors (Lipinski definition) is 2. The van der Waals surface area contributed by atoms with E-state index in [1.54, 1.807) is 58.9 Å². The van der Waals surface area contributed by atoms with Gasteiger partial charge in [0.15, 0.2) is 56.0 Å². The number of fused-ring (bicyclic) bond motifs is 6. The van der Waals surface area contributed by atoms with Gasteiger partial charge in [-0.25, -0.2) is 44.7 Å². The Bertz CT molecular complexity index is 5580. The standard InChI is InChI=1S/C40H40F2N6O8.C38H37F2N5O9S/c1-24(2)47-23-29(39(51)48(40(47)52)28-8-5-26(41)6-9-28)38(50)44-27-7-10-32(30(42)21-27)56-33-11-12-43-31-22-34(36-37(35(31)33)55-20-19-54-36)53-18-4-13-45-14-16-46(17-15-45)25(3)49;1-23(2)44-22-27(37(47)45(38(44)48)26-7-4-24(39)5-8-26)36(46)42-25-6-9-30(28(40)20-25)54-31-10-11-41-29-21-32(34-35(33(29)31)53-17-16-52-34)51-15-3-12-43-13-18-55(49,50)19-14-43/h5-12,21-24H,4,13-20H2,1-3H3,(H,44,50);4-11,20-23H,3,12-19H2,1-2H3,(H,42,46). The Balaban J connectivity index is 0.000000195. The molecule has 33 heteroatoms. The molecule has 0 spiro atoms. The lowest BCUT2D eigenvalue weighted by Gasteiger charge is -2.34. The topological polar surface area (TPSA) is 307 Å². The highest BCUT2D eigenvalue weighted by Gasteiger charge is 2.30. The van der Waals surface area contributed by atoms with Gasteiger partial charge in [0, 0.05) is 132 Å². The van der Waals surface area contributed by atoms with Gasteiger partial charge >= 0.3 is 11.4 Å². The summed E-state index contributed by atoms with van der Waals surface area (Å²) in [6.45, 7) is 15.7. The number of anilines is 2. The summed E-state index contributed by atoms with van der Waals surface area (Å²) in [6, 6.07) is 22.6. The normalized spacial score (nSPS) is 14.7. The van der Waals surface area contributed by atoms with E-state index in [1.165, 1.54) is 70.1 Å². The molecule has 0 unspecified atom stereocenters. The molecule has 8 heterocycles. The van der Waals surface area contributed by atoms with Gasteiger partial charge in [-0.3, -0.25) is 48.0 Å². The number of sulfone groups is 1. The lowest BCUT2D eigenvalue weighted by Crippen LogP contribution is -2.48. The Hall–Kier alpha value is -12.1. The van der Waals surface area contributed by atoms with Crippen molar-refractivity contribution >= 4 is 60.7 Å². The second kappa shape index (κ2) is 33.4. The lowest BCUT2D eigenvalue weighted by atomic mass is 10.1. The summed E-state index contributed by atoms with van der Waals surface area (Å²) in [5.74, 6) is -1.80. The van der Waals surface area contributed by atoms with Gasteiger partial charge in [-0.05, 0) is 125 Å². The number of pyridine rings is 2. The van der Waals surface area contributed by atoms with E-state index in [0.29, 0.717) is 115 Å². The van der Waals surface area contributed by atoms with Gasteiger partial charge < -0.3 is 58.3 Å². The molecular formula is C78H77F4N11O17S. The molecule has 28 nitrogen and oxygen atoms in total. The van der Waals surface area contributed by atoms with Crippen LogP contribution in [0.4, 0.5) is 28.9 Å². The molecule has 0 atom stereocenters. The van der Waals surface area contributed by atoms with Crippen LogP contribution in [0.25, 0.3) is 33.2 Å². The number of carbonyl (C=O) groups is 3. The van der Waals surface area contributed by atoms with Gasteiger partial charge in [0.2, 0.25) is 17.4 Å². The van der Waals surface area contributed by atoms with E-state index in [1.807, 2.05) is 4.90 Å². The molecule has 2 fully saturated rings. The van der Waals surface area contributed by atoms with Crippen molar-refractivity contribution in [2.24, 2.45) is 0 Å². The fraction of sp³-hybridized carbons (Fsp3) is 0.321. The van der Waals surface area contributed by atoms with Crippen molar-refractivity contribution < 1.29 is 78.3 Å². The first-order valence-electron chi connectivity index (χ1n) is 35.8. The van der Waals surface area contributed by atoms with E-state index >= 15 is 8.78 Å². The van der Waals surface area contributed by atoms with Crippen molar-refractivity contribution in [1.29, 1.82) is 0 Å². The molecule has 0 saturated carbocycles. The molecule has 2 saturated heterocycles. The van der Waals surface area contributed by atoms with Crippen LogP contribution in [0.1, 0.15) is 80.3 Å². The van der Waals surface area contributed by atoms with E-state index in [9.17, 15) is 50.8 Å². The summed E-state index contributed by atoms with van der Waals surface area (Å²) in [5, 5.41) is 5.92. The summed E-state index contributed by atoms with van der Waals surface area (Å²) in [4.78, 5) is 107. The van der Waals surface area contributed by atoms with Crippen LogP contribution < -0.4 is 71.0 Å². The van der Waals surface area contributed by atoms with Crippen LogP contribution in [-0.2, 0) is 14.6 Å². The molecule has 6 aromatic carbocycles. The molecule has 0 bridgehead atoms. The molecule has 2 N–H and O–H groups in total. The van der Waals surface area contributed by atoms with Crippen molar-refractivity contribution in [3.05, 3.63) is 210 Å². The highest BCUT2D eigenvalue weighted by Crippen LogP contribution is 2.50. The number of halogens is 4. The third-order valence-corrected chi connectivity index (χ3v) is 20.3. The molecule has 14 rings (SSSR count). The highest BCUT2D eigenvalue weighted by atomic mass is 32.2. The Morgan fingerprint density at radius 3 is 1.28 bits per heavy atom. The molecule has 10 aromatic rings. The number of ether oxygens (including phenoxy) is 8. The molecule has 4 aliphatic heterocycles. The molecule has 3 amide bonds. The maximum absolute atomic E-state index is 15.6. The largest absolute Gasteiger partial charge is 0.489 e. The van der Waals surface area contributed by atoms with Crippen LogP contribution in [0, 0.1) is 23.3 Å². The SMILES string of the molecule is CC(=O)N1CCN(CCCOc2cc3nccc(Oc4ccc(NC(=O)c5cn(C(C)C)c(=O)n(-c6ccc(F)cc6)c5=O)cc4F)c3c3c2OCCO3)CC1.CC(C)n1cc(C(=O)Nc2ccc(Oc3ccnc4cc(OCCCN5CCS(=O)(=O)CC5)c5c(c34)OCCO5)c(F)c2)c(=O)n(-c2ccc(F)cc2)c1=O. The monoisotopic (exact) mass is 1550 g/mol. The smallest absolute Gasteiger partial charge is 0.335 e. The first-order chi connectivity index (χ1) is 53.4. The minimum Gasteiger partial charge on any atom is -0.489 e. The predicted molar refractivity (Wildman–Crippen MR) is 402 cm³/mol. The van der Waals surface area contributed by atoms with Gasteiger partial charge in [0.1, 0.15) is 60.7 Å². The third-order valence-electron chi connectivity index (χ3n) is 18.7. The second-order valence-electron chi connectivity index (χ2n) is 26.9. The molecule has 0 radical (unpaired) electrons. The van der Waals surface area contributed by atoms with Gasteiger partial charge in [-0.2, -0.15) is 0 Å². The number of carbonyl (C=O) groups excluding carboxylic acids is 3. The maximum atomic E-state index is 15.6. The molecule has 580 valence electrons. The van der Waals surface area contributed by atoms with Crippen LogP contribution in [0.2, 0.25) is 0 Å². The fourth-order valence-corrected chi connectivity index (χ4v) is 14.2. The zero-order chi connectivity index (χ0) is 78.4. The first kappa shape index (κ1) is 77.1. The summed E-state index contributed by atoms with van der Waals surface area (Å²) in [5.41, 5.74) is -2.97. The Labute approximate surface area is 631 Å². The van der Waals surface area contributed by atoms with Crippen LogP contribution in [0.15, 0.2) is 153 Å². The Morgan fingerprint density at radius 1 is 0.495 bits per heavy atom. The van der Waals surface area contributed by atoms with Crippen LogP contribution in [-0.4, -0.2) is 173 Å². The summed E-state index contributed by atoms with van der Waals surface area (Å²) < 4.78 is 134. The zero-order valence-electron chi connectivity index (χ0n) is 61.0. The van der Waals surface area contributed by atoms with E-state index in [2.05, 4.69) is 30.4 Å². The summed E-state index contributed by atoms with van der Waals surface area (Å²) in [6.07, 6.45) is 6.69. The number of piperazine rings is 1. The fourth-order valence-electron chi connectivity index (χ4n) is 12.9. The zero-order valence-corrected chi connectivity index (χ0v) is 61.8. The van der Waals surface area contributed by atoms with Gasteiger partial charge in [-0.15, -0.1) is 0 Å². The molecule has 4 aliphatic rings. The minimum atomic E-state index is -2.96. The van der Waals surface area contributed by atoms with E-state index in [0.717, 1.165) is 84.0 Å². The van der Waals surface area contributed by atoms with Gasteiger partial charge in [0.25, 0.3) is 22.9 Å². The van der Waals surface area contributed by atoms with Crippen molar-refractivity contribution in [3.63, 3.8) is 0 Å². The average Bonchev–Trinajstić information content (AvgIpc) is 0.778. The van der Waals surface area contributed by atoms with Crippen LogP contribution in [0.3, 0.4) is 0 Å². The number of hydrogen-bond acceptors (Lipinski definition) is 21. The van der Waals surface area contributed by atoms with E-state index < -0.39 is 85.1 Å². The van der Waals surface area contributed by atoms with Crippen molar-refractivity contribution in [1.82, 2.24) is 42.9 Å². The maximum Gasteiger partial charge on any atom is 0.335 e. The van der Waals surface area contributed by atoms with E-state index in [4.69, 9.17) is 37.9 Å². The first-order valence-corrected chi connectivity index (χ1v) is 37.6. The van der Waals surface area contributed by atoms with Crippen molar-refractivity contribution in [3.8, 4) is 68.9 Å². The molecular weight excluding hydrogens is 1470 g/mol. The van der Waals surface area contributed by atoms with Crippen molar-refractivity contribution in [2.75, 3.05) is 114 Å². The number of nitrogens with zero attached hydrogens (tertiary/aromatic N) is 9. The van der Waals surface area contributed by atoms with Crippen molar-refractivity contribution in [2.45, 2.75) is 59.5 Å². The second-order valence-corrected chi connectivity index (χ2v) is 29.2. The third kappa shape index (κ3) is 17.3. The molecule has 4 aromatic heterocycles. The molecule has 0 aliphatic carbocycles. The lowest BCUT2D eigenvalue weighted by molar-refractivity contribution is -0.130. The number of amides is 3. The average molecular weight is 1550 g/mol. The quantitative estimate of drug-likeness (QED) is 0.0471. The number of aromatic nitrogens is 6. The number of rotatable bonds is 22. The minimum absolute atomic E-state index is 0.00527. The Kier molecular flexibility index (Phi) is 23.2. The number of benzene rings is 6. The van der Waals surface area contributed by atoms with Gasteiger partial charge in [0.05, 0.1) is 57.9 Å². The number of nitrogens with one attached hydrogen (secondary N) is 2. The predicted octanol–water partition coefficient (Wildman–Crippen LogP) is 9.88. The summed E-state index contributed by atoms with van der Waals surface area (Å²) >= 11 is 0. The highest BCUT2D eigenvalue weighted by molar-refractivity contribution is 7.91. The van der Waals surface area contributed by atoms with Crippen LogP contribution in [0.5, 0.6) is 57.5 Å². The van der Waals surface area contributed by atoms with E-state index in [-0.39, 0.29) is 88.5 Å². The Morgan fingerprint density at radius 2 is 0.892 bits per heavy atom. The molecule has 111 heavy (non-hydrogen) atoms. The van der Waals surface area contributed by atoms with Gasteiger partial charge in [-0.1, -0.05) is 0 Å². The van der Waals surface area contributed by atoms with Crippen LogP contribution >= 0.6 is 0 Å².